The van der Waals surface area contributed by atoms with Gasteiger partial charge in [-0.25, -0.2) is 0 Å². The summed E-state index contributed by atoms with van der Waals surface area (Å²) in [5.41, 5.74) is 1.02. The summed E-state index contributed by atoms with van der Waals surface area (Å²) in [4.78, 5) is 0. The van der Waals surface area contributed by atoms with Crippen LogP contribution in [0, 0.1) is 12.8 Å². The predicted molar refractivity (Wildman–Crippen MR) is 80.7 cm³/mol. The molecule has 0 amide bonds. The second kappa shape index (κ2) is 6.18. The first kappa shape index (κ1) is 13.9. The number of phenolic OH excluding ortho intramolecular Hbond substituents is 1. The number of nitrogens with one attached hydrogen (secondary N) is 1. The van der Waals surface area contributed by atoms with Crippen LogP contribution < -0.4 is 10.1 Å². The third-order valence-electron chi connectivity index (χ3n) is 3.99. The number of benzene rings is 1. The molecule has 2 aromatic rings. The minimum absolute atomic E-state index is 0.201. The zero-order valence-corrected chi connectivity index (χ0v) is 12.2. The van der Waals surface area contributed by atoms with E-state index in [-0.39, 0.29) is 5.75 Å². The summed E-state index contributed by atoms with van der Waals surface area (Å²) < 4.78 is 7.83. The molecule has 0 atom stereocenters. The topological polar surface area (TPSA) is 59.3 Å². The molecule has 2 N–H and O–H groups in total. The van der Waals surface area contributed by atoms with Crippen molar-refractivity contribution in [3.05, 3.63) is 36.2 Å². The molecular weight excluding hydrogens is 266 g/mol. The van der Waals surface area contributed by atoms with Crippen molar-refractivity contribution in [1.82, 2.24) is 15.1 Å². The number of hydrogen-bond donors (Lipinski definition) is 2. The lowest BCUT2D eigenvalue weighted by Gasteiger charge is -2.22. The van der Waals surface area contributed by atoms with Gasteiger partial charge in [-0.3, -0.25) is 4.68 Å². The van der Waals surface area contributed by atoms with Crippen molar-refractivity contribution >= 4 is 0 Å². The zero-order chi connectivity index (χ0) is 14.7. The van der Waals surface area contributed by atoms with E-state index in [9.17, 15) is 5.11 Å². The Labute approximate surface area is 124 Å². The molecule has 2 heterocycles. The normalized spacial score (nSPS) is 16.0. The quantitative estimate of drug-likeness (QED) is 0.907. The van der Waals surface area contributed by atoms with Gasteiger partial charge in [-0.2, -0.15) is 5.10 Å². The standard InChI is InChI=1S/C16H21N3O2/c1-12-16(21-15-4-2-3-14(20)9-15)10-18-19(12)11-13-5-7-17-8-6-13/h2-4,9-10,13,17,20H,5-8,11H2,1H3. The first-order valence-electron chi connectivity index (χ1n) is 7.42. The van der Waals surface area contributed by atoms with Crippen LogP contribution in [0.1, 0.15) is 18.5 Å². The summed E-state index contributed by atoms with van der Waals surface area (Å²) >= 11 is 0. The van der Waals surface area contributed by atoms with E-state index in [4.69, 9.17) is 4.74 Å². The highest BCUT2D eigenvalue weighted by molar-refractivity contribution is 5.36. The molecule has 0 saturated carbocycles. The molecule has 1 aromatic carbocycles. The molecule has 1 aromatic heterocycles. The summed E-state index contributed by atoms with van der Waals surface area (Å²) in [5.74, 6) is 2.25. The number of aromatic nitrogens is 2. The molecule has 1 saturated heterocycles. The monoisotopic (exact) mass is 287 g/mol. The first-order valence-corrected chi connectivity index (χ1v) is 7.42. The average molecular weight is 287 g/mol. The Morgan fingerprint density at radius 3 is 2.95 bits per heavy atom. The molecule has 3 rings (SSSR count). The molecular formula is C16H21N3O2. The summed E-state index contributed by atoms with van der Waals surface area (Å²) in [5, 5.41) is 17.3. The van der Waals surface area contributed by atoms with Gasteiger partial charge in [0.15, 0.2) is 5.75 Å². The van der Waals surface area contributed by atoms with Gasteiger partial charge in [0.25, 0.3) is 0 Å². The largest absolute Gasteiger partial charge is 0.508 e. The van der Waals surface area contributed by atoms with E-state index in [2.05, 4.69) is 10.4 Å². The Kier molecular flexibility index (Phi) is 4.10. The van der Waals surface area contributed by atoms with Crippen molar-refractivity contribution in [2.75, 3.05) is 13.1 Å². The third kappa shape index (κ3) is 3.36. The summed E-state index contributed by atoms with van der Waals surface area (Å²) in [6.45, 7) is 5.15. The second-order valence-electron chi connectivity index (χ2n) is 5.57. The number of ether oxygens (including phenoxy) is 1. The van der Waals surface area contributed by atoms with Crippen molar-refractivity contribution < 1.29 is 9.84 Å². The van der Waals surface area contributed by atoms with Crippen LogP contribution in [-0.4, -0.2) is 28.0 Å². The fourth-order valence-corrected chi connectivity index (χ4v) is 2.70. The Bertz CT molecular complexity index is 603. The van der Waals surface area contributed by atoms with Crippen molar-refractivity contribution in [1.29, 1.82) is 0 Å². The molecule has 0 bridgehead atoms. The zero-order valence-electron chi connectivity index (χ0n) is 12.2. The van der Waals surface area contributed by atoms with E-state index in [0.29, 0.717) is 11.7 Å². The molecule has 1 aliphatic heterocycles. The van der Waals surface area contributed by atoms with E-state index in [1.807, 2.05) is 17.7 Å². The van der Waals surface area contributed by atoms with Crippen LogP contribution in [0.4, 0.5) is 0 Å². The molecule has 0 spiro atoms. The third-order valence-corrected chi connectivity index (χ3v) is 3.99. The van der Waals surface area contributed by atoms with Gasteiger partial charge >= 0.3 is 0 Å². The van der Waals surface area contributed by atoms with Gasteiger partial charge in [-0.1, -0.05) is 6.07 Å². The van der Waals surface area contributed by atoms with Crippen LogP contribution >= 0.6 is 0 Å². The van der Waals surface area contributed by atoms with Gasteiger partial charge in [-0.15, -0.1) is 0 Å². The highest BCUT2D eigenvalue weighted by atomic mass is 16.5. The Morgan fingerprint density at radius 2 is 2.19 bits per heavy atom. The lowest BCUT2D eigenvalue weighted by molar-refractivity contribution is 0.318. The molecule has 1 aliphatic rings. The predicted octanol–water partition coefficient (Wildman–Crippen LogP) is 2.69. The molecule has 5 heteroatoms. The van der Waals surface area contributed by atoms with Gasteiger partial charge in [-0.05, 0) is 50.9 Å². The average Bonchev–Trinajstić information content (AvgIpc) is 2.82. The van der Waals surface area contributed by atoms with Gasteiger partial charge in [0.2, 0.25) is 0 Å². The molecule has 0 aliphatic carbocycles. The number of phenols is 1. The van der Waals surface area contributed by atoms with E-state index in [0.717, 1.165) is 31.1 Å². The highest BCUT2D eigenvalue weighted by Crippen LogP contribution is 2.27. The second-order valence-corrected chi connectivity index (χ2v) is 5.57. The maximum absolute atomic E-state index is 9.48. The summed E-state index contributed by atoms with van der Waals surface area (Å²) in [7, 11) is 0. The van der Waals surface area contributed by atoms with Crippen LogP contribution in [0.3, 0.4) is 0 Å². The number of aromatic hydroxyl groups is 1. The van der Waals surface area contributed by atoms with Crippen LogP contribution in [0.15, 0.2) is 30.5 Å². The van der Waals surface area contributed by atoms with Gasteiger partial charge in [0.1, 0.15) is 11.5 Å². The van der Waals surface area contributed by atoms with Crippen LogP contribution in [0.5, 0.6) is 17.2 Å². The van der Waals surface area contributed by atoms with E-state index >= 15 is 0 Å². The Morgan fingerprint density at radius 1 is 1.38 bits per heavy atom. The van der Waals surface area contributed by atoms with Crippen molar-refractivity contribution in [3.8, 4) is 17.2 Å². The molecule has 21 heavy (non-hydrogen) atoms. The van der Waals surface area contributed by atoms with E-state index < -0.39 is 0 Å². The number of nitrogens with zero attached hydrogens (tertiary/aromatic N) is 2. The smallest absolute Gasteiger partial charge is 0.168 e. The first-order chi connectivity index (χ1) is 10.2. The fourth-order valence-electron chi connectivity index (χ4n) is 2.70. The SMILES string of the molecule is Cc1c(Oc2cccc(O)c2)cnn1CC1CCNCC1. The minimum atomic E-state index is 0.201. The molecule has 0 unspecified atom stereocenters. The lowest BCUT2D eigenvalue weighted by atomic mass is 9.98. The molecule has 112 valence electrons. The van der Waals surface area contributed by atoms with Crippen molar-refractivity contribution in [2.45, 2.75) is 26.3 Å². The van der Waals surface area contributed by atoms with Crippen LogP contribution in [0.25, 0.3) is 0 Å². The fraction of sp³-hybridized carbons (Fsp3) is 0.438. The Hall–Kier alpha value is -2.01. The summed E-state index contributed by atoms with van der Waals surface area (Å²) in [6.07, 6.45) is 4.14. The molecule has 1 fully saturated rings. The van der Waals surface area contributed by atoms with Crippen molar-refractivity contribution in [3.63, 3.8) is 0 Å². The van der Waals surface area contributed by atoms with Gasteiger partial charge < -0.3 is 15.2 Å². The van der Waals surface area contributed by atoms with Crippen LogP contribution in [0.2, 0.25) is 0 Å². The number of hydrogen-bond acceptors (Lipinski definition) is 4. The number of rotatable bonds is 4. The highest BCUT2D eigenvalue weighted by Gasteiger charge is 2.16. The molecule has 5 nitrogen and oxygen atoms in total. The lowest BCUT2D eigenvalue weighted by Crippen LogP contribution is -2.30. The van der Waals surface area contributed by atoms with Gasteiger partial charge in [0.05, 0.1) is 11.9 Å². The molecule has 0 radical (unpaired) electrons. The minimum Gasteiger partial charge on any atom is -0.508 e. The van der Waals surface area contributed by atoms with Crippen LogP contribution in [-0.2, 0) is 6.54 Å². The summed E-state index contributed by atoms with van der Waals surface area (Å²) in [6, 6.07) is 6.81. The number of piperidine rings is 1. The maximum atomic E-state index is 9.48. The van der Waals surface area contributed by atoms with E-state index in [1.165, 1.54) is 12.8 Å². The maximum Gasteiger partial charge on any atom is 0.168 e. The van der Waals surface area contributed by atoms with E-state index in [1.54, 1.807) is 24.4 Å². The van der Waals surface area contributed by atoms with Crippen molar-refractivity contribution in [2.24, 2.45) is 5.92 Å². The van der Waals surface area contributed by atoms with Gasteiger partial charge in [0, 0.05) is 12.6 Å². The Balaban J connectivity index is 1.70.